The average Bonchev–Trinajstić information content (AvgIpc) is 2.93. The molecular weight excluding hydrogens is 276 g/mol. The second-order valence-corrected chi connectivity index (χ2v) is 4.69. The van der Waals surface area contributed by atoms with Crippen LogP contribution in [0.25, 0.3) is 10.9 Å². The molecule has 21 heavy (non-hydrogen) atoms. The SMILES string of the molecule is COc1ccc2c3c([nH]c2c1)C(=O)N(CCC(=O)O)C3=O. The molecule has 1 aliphatic heterocycles. The van der Waals surface area contributed by atoms with Crippen LogP contribution in [0.4, 0.5) is 0 Å². The van der Waals surface area contributed by atoms with Crippen molar-refractivity contribution < 1.29 is 24.2 Å². The van der Waals surface area contributed by atoms with Gasteiger partial charge in [0.2, 0.25) is 0 Å². The number of carbonyl (C=O) groups excluding carboxylic acids is 2. The number of hydrogen-bond donors (Lipinski definition) is 2. The number of fused-ring (bicyclic) bond motifs is 3. The fraction of sp³-hybridized carbons (Fsp3) is 0.214. The van der Waals surface area contributed by atoms with Crippen molar-refractivity contribution in [3.8, 4) is 5.75 Å². The van der Waals surface area contributed by atoms with E-state index in [0.29, 0.717) is 22.2 Å². The number of methoxy groups -OCH3 is 1. The zero-order valence-corrected chi connectivity index (χ0v) is 11.2. The van der Waals surface area contributed by atoms with Gasteiger partial charge in [-0.1, -0.05) is 0 Å². The number of ether oxygens (including phenoxy) is 1. The lowest BCUT2D eigenvalue weighted by Gasteiger charge is -2.12. The van der Waals surface area contributed by atoms with Gasteiger partial charge < -0.3 is 14.8 Å². The first-order valence-electron chi connectivity index (χ1n) is 6.30. The van der Waals surface area contributed by atoms with Crippen LogP contribution in [0.2, 0.25) is 0 Å². The lowest BCUT2D eigenvalue weighted by atomic mass is 10.1. The molecule has 0 saturated heterocycles. The third kappa shape index (κ3) is 1.94. The number of carboxylic acids is 1. The van der Waals surface area contributed by atoms with E-state index in [2.05, 4.69) is 4.98 Å². The van der Waals surface area contributed by atoms with Crippen molar-refractivity contribution in [3.63, 3.8) is 0 Å². The number of H-pyrrole nitrogens is 1. The van der Waals surface area contributed by atoms with Crippen molar-refractivity contribution >= 4 is 28.7 Å². The minimum absolute atomic E-state index is 0.132. The van der Waals surface area contributed by atoms with Gasteiger partial charge in [0.15, 0.2) is 0 Å². The predicted octanol–water partition coefficient (Wildman–Crippen LogP) is 1.25. The molecule has 0 saturated carbocycles. The number of hydrogen-bond acceptors (Lipinski definition) is 4. The lowest BCUT2D eigenvalue weighted by molar-refractivity contribution is -0.137. The van der Waals surface area contributed by atoms with E-state index in [1.807, 2.05) is 0 Å². The standard InChI is InChI=1S/C14H12N2O5/c1-21-7-2-3-8-9(6-7)15-12-11(8)13(19)16(14(12)20)5-4-10(17)18/h2-3,6,15H,4-5H2,1H3,(H,17,18). The Balaban J connectivity index is 2.02. The summed E-state index contributed by atoms with van der Waals surface area (Å²) >= 11 is 0. The molecule has 0 radical (unpaired) electrons. The molecule has 7 heteroatoms. The molecule has 1 aromatic heterocycles. The molecule has 7 nitrogen and oxygen atoms in total. The van der Waals surface area contributed by atoms with Gasteiger partial charge in [-0.3, -0.25) is 19.3 Å². The van der Waals surface area contributed by atoms with Gasteiger partial charge >= 0.3 is 5.97 Å². The van der Waals surface area contributed by atoms with E-state index >= 15 is 0 Å². The van der Waals surface area contributed by atoms with Gasteiger partial charge in [0.25, 0.3) is 11.8 Å². The van der Waals surface area contributed by atoms with E-state index in [-0.39, 0.29) is 18.7 Å². The van der Waals surface area contributed by atoms with Crippen LogP contribution < -0.4 is 4.74 Å². The second kappa shape index (κ2) is 4.62. The quantitative estimate of drug-likeness (QED) is 0.825. The highest BCUT2D eigenvalue weighted by Crippen LogP contribution is 2.32. The summed E-state index contributed by atoms with van der Waals surface area (Å²) in [6.45, 7) is -0.132. The zero-order valence-electron chi connectivity index (χ0n) is 11.2. The Hall–Kier alpha value is -2.83. The maximum Gasteiger partial charge on any atom is 0.305 e. The first kappa shape index (κ1) is 13.2. The van der Waals surface area contributed by atoms with Crippen molar-refractivity contribution in [1.82, 2.24) is 9.88 Å². The van der Waals surface area contributed by atoms with E-state index in [9.17, 15) is 14.4 Å². The molecule has 108 valence electrons. The van der Waals surface area contributed by atoms with Crippen molar-refractivity contribution in [2.45, 2.75) is 6.42 Å². The number of nitrogens with one attached hydrogen (secondary N) is 1. The van der Waals surface area contributed by atoms with E-state index < -0.39 is 17.8 Å². The molecule has 1 aliphatic rings. The summed E-state index contributed by atoms with van der Waals surface area (Å²) in [5, 5.41) is 9.30. The third-order valence-corrected chi connectivity index (χ3v) is 3.47. The highest BCUT2D eigenvalue weighted by molar-refractivity contribution is 6.26. The highest BCUT2D eigenvalue weighted by atomic mass is 16.5. The Bertz CT molecular complexity index is 777. The number of rotatable bonds is 4. The molecular formula is C14H12N2O5. The van der Waals surface area contributed by atoms with Crippen LogP contribution in [-0.4, -0.2) is 46.4 Å². The zero-order chi connectivity index (χ0) is 15.1. The molecule has 0 spiro atoms. The number of carbonyl (C=O) groups is 3. The van der Waals surface area contributed by atoms with Gasteiger partial charge in [-0.25, -0.2) is 0 Å². The van der Waals surface area contributed by atoms with Gasteiger partial charge in [0.1, 0.15) is 11.4 Å². The van der Waals surface area contributed by atoms with Crippen molar-refractivity contribution in [2.75, 3.05) is 13.7 Å². The molecule has 0 fully saturated rings. The Labute approximate surface area is 119 Å². The first-order valence-corrected chi connectivity index (χ1v) is 6.30. The number of aromatic amines is 1. The minimum atomic E-state index is -1.05. The second-order valence-electron chi connectivity index (χ2n) is 4.69. The Kier molecular flexibility index (Phi) is 2.90. The van der Waals surface area contributed by atoms with Crippen molar-refractivity contribution in [1.29, 1.82) is 0 Å². The molecule has 2 N–H and O–H groups in total. The van der Waals surface area contributed by atoms with Crippen molar-refractivity contribution in [3.05, 3.63) is 29.5 Å². The van der Waals surface area contributed by atoms with Gasteiger partial charge in [0, 0.05) is 18.0 Å². The van der Waals surface area contributed by atoms with E-state index in [4.69, 9.17) is 9.84 Å². The molecule has 0 aliphatic carbocycles. The van der Waals surface area contributed by atoms with Gasteiger partial charge in [-0.05, 0) is 12.1 Å². The topological polar surface area (TPSA) is 99.7 Å². The molecule has 2 amide bonds. The Morgan fingerprint density at radius 1 is 1.33 bits per heavy atom. The average molecular weight is 288 g/mol. The summed E-state index contributed by atoms with van der Waals surface area (Å²) in [7, 11) is 1.53. The van der Waals surface area contributed by atoms with Gasteiger partial charge in [-0.2, -0.15) is 0 Å². The normalized spacial score (nSPS) is 13.9. The van der Waals surface area contributed by atoms with Crippen LogP contribution in [0.3, 0.4) is 0 Å². The maximum absolute atomic E-state index is 12.3. The molecule has 3 rings (SSSR count). The summed E-state index contributed by atoms with van der Waals surface area (Å²) in [5.74, 6) is -1.40. The van der Waals surface area contributed by atoms with Crippen LogP contribution in [0.5, 0.6) is 5.75 Å². The van der Waals surface area contributed by atoms with Crippen LogP contribution in [0, 0.1) is 0 Å². The van der Waals surface area contributed by atoms with Crippen LogP contribution in [0.15, 0.2) is 18.2 Å². The Morgan fingerprint density at radius 3 is 2.76 bits per heavy atom. The molecule has 2 heterocycles. The molecule has 0 unspecified atom stereocenters. The number of aromatic nitrogens is 1. The smallest absolute Gasteiger partial charge is 0.305 e. The number of amides is 2. The van der Waals surface area contributed by atoms with Crippen LogP contribution in [0.1, 0.15) is 27.3 Å². The van der Waals surface area contributed by atoms with Gasteiger partial charge in [0.05, 0.1) is 24.6 Å². The summed E-state index contributed by atoms with van der Waals surface area (Å²) in [5.41, 5.74) is 1.13. The molecule has 1 aromatic carbocycles. The number of benzene rings is 1. The fourth-order valence-electron chi connectivity index (χ4n) is 2.46. The van der Waals surface area contributed by atoms with E-state index in [0.717, 1.165) is 4.90 Å². The summed E-state index contributed by atoms with van der Waals surface area (Å²) in [4.78, 5) is 39.0. The number of carboxylic acid groups (broad SMARTS) is 1. The summed E-state index contributed by atoms with van der Waals surface area (Å²) < 4.78 is 5.10. The van der Waals surface area contributed by atoms with Gasteiger partial charge in [-0.15, -0.1) is 0 Å². The summed E-state index contributed by atoms with van der Waals surface area (Å²) in [6, 6.07) is 5.11. The Morgan fingerprint density at radius 2 is 2.10 bits per heavy atom. The number of nitrogens with zero attached hydrogens (tertiary/aromatic N) is 1. The lowest BCUT2D eigenvalue weighted by Crippen LogP contribution is -2.32. The monoisotopic (exact) mass is 288 g/mol. The largest absolute Gasteiger partial charge is 0.497 e. The molecule has 0 atom stereocenters. The van der Waals surface area contributed by atoms with Crippen molar-refractivity contribution in [2.24, 2.45) is 0 Å². The van der Waals surface area contributed by atoms with Crippen LogP contribution >= 0.6 is 0 Å². The fourth-order valence-corrected chi connectivity index (χ4v) is 2.46. The summed E-state index contributed by atoms with van der Waals surface area (Å²) in [6.07, 6.45) is -0.270. The van der Waals surface area contributed by atoms with E-state index in [1.54, 1.807) is 18.2 Å². The predicted molar refractivity (Wildman–Crippen MR) is 72.5 cm³/mol. The molecule has 0 bridgehead atoms. The maximum atomic E-state index is 12.3. The van der Waals surface area contributed by atoms with E-state index in [1.165, 1.54) is 7.11 Å². The third-order valence-electron chi connectivity index (χ3n) is 3.47. The van der Waals surface area contributed by atoms with Crippen LogP contribution in [-0.2, 0) is 4.79 Å². The number of imide groups is 1. The minimum Gasteiger partial charge on any atom is -0.497 e. The number of aliphatic carboxylic acids is 1. The molecule has 2 aromatic rings. The highest BCUT2D eigenvalue weighted by Gasteiger charge is 2.38. The first-order chi connectivity index (χ1) is 10.0.